The summed E-state index contributed by atoms with van der Waals surface area (Å²) in [5.41, 5.74) is 3.64. The molecule has 0 aliphatic carbocycles. The van der Waals surface area contributed by atoms with Crippen LogP contribution in [0.5, 0.6) is 0 Å². The highest BCUT2D eigenvalue weighted by molar-refractivity contribution is 5.92. The third kappa shape index (κ3) is 4.44. The van der Waals surface area contributed by atoms with E-state index in [0.717, 1.165) is 30.7 Å². The molecule has 2 atom stereocenters. The molecule has 148 valence electrons. The van der Waals surface area contributed by atoms with Gasteiger partial charge in [0.2, 0.25) is 0 Å². The van der Waals surface area contributed by atoms with Crippen LogP contribution in [-0.4, -0.2) is 29.7 Å². The predicted octanol–water partition coefficient (Wildman–Crippen LogP) is 2.42. The second-order valence-corrected chi connectivity index (χ2v) is 7.48. The average molecular weight is 382 g/mol. The molecule has 2 heterocycles. The first-order valence-electron chi connectivity index (χ1n) is 9.90. The minimum atomic E-state index is -0.106. The number of nitriles is 1. The molecule has 1 saturated heterocycles. The summed E-state index contributed by atoms with van der Waals surface area (Å²) in [4.78, 5) is 12.6. The van der Waals surface area contributed by atoms with Crippen LogP contribution in [0.25, 0.3) is 0 Å². The van der Waals surface area contributed by atoms with E-state index in [-0.39, 0.29) is 18.1 Å². The van der Waals surface area contributed by atoms with Crippen LogP contribution in [0.4, 0.5) is 5.82 Å². The Balaban J connectivity index is 1.70. The van der Waals surface area contributed by atoms with Crippen LogP contribution in [-0.2, 0) is 16.1 Å². The van der Waals surface area contributed by atoms with Gasteiger partial charge in [-0.3, -0.25) is 4.79 Å². The van der Waals surface area contributed by atoms with Crippen LogP contribution >= 0.6 is 0 Å². The van der Waals surface area contributed by atoms with Gasteiger partial charge in [0.15, 0.2) is 6.54 Å². The molecule has 1 aliphatic rings. The van der Waals surface area contributed by atoms with Gasteiger partial charge in [-0.25, -0.2) is 0 Å². The summed E-state index contributed by atoms with van der Waals surface area (Å²) in [7, 11) is 0. The van der Waals surface area contributed by atoms with E-state index in [9.17, 15) is 10.1 Å². The van der Waals surface area contributed by atoms with E-state index in [1.165, 1.54) is 5.56 Å². The number of quaternary nitrogens is 1. The third-order valence-electron chi connectivity index (χ3n) is 5.59. The van der Waals surface area contributed by atoms with Crippen LogP contribution in [0, 0.1) is 25.2 Å². The number of nitrogens with one attached hydrogen (secondary N) is 1. The molecule has 0 bridgehead atoms. The smallest absolute Gasteiger partial charge is 0.280 e. The lowest BCUT2D eigenvalue weighted by molar-refractivity contribution is -0.682. The van der Waals surface area contributed by atoms with E-state index in [0.29, 0.717) is 24.5 Å². The van der Waals surface area contributed by atoms with Crippen molar-refractivity contribution < 1.29 is 14.8 Å². The van der Waals surface area contributed by atoms with Crippen molar-refractivity contribution in [1.29, 1.82) is 5.26 Å². The highest BCUT2D eigenvalue weighted by Crippen LogP contribution is 2.28. The minimum absolute atomic E-state index is 0.106. The molecule has 6 nitrogen and oxygen atoms in total. The Labute approximate surface area is 166 Å². The Morgan fingerprint density at radius 1 is 1.39 bits per heavy atom. The van der Waals surface area contributed by atoms with E-state index in [2.05, 4.69) is 30.4 Å². The molecule has 28 heavy (non-hydrogen) atoms. The molecule has 1 fully saturated rings. The van der Waals surface area contributed by atoms with Gasteiger partial charge in [0.05, 0.1) is 18.2 Å². The number of hydrogen-bond acceptors (Lipinski definition) is 3. The van der Waals surface area contributed by atoms with Crippen LogP contribution < -0.4 is 10.6 Å². The van der Waals surface area contributed by atoms with Crippen molar-refractivity contribution in [2.45, 2.75) is 52.3 Å². The molecule has 0 saturated carbocycles. The summed E-state index contributed by atoms with van der Waals surface area (Å²) in [6.07, 6.45) is 2.20. The molecule has 0 unspecified atom stereocenters. The van der Waals surface area contributed by atoms with Gasteiger partial charge in [-0.05, 0) is 39.2 Å². The van der Waals surface area contributed by atoms with Gasteiger partial charge in [0, 0.05) is 17.9 Å². The van der Waals surface area contributed by atoms with Crippen LogP contribution in [0.3, 0.4) is 0 Å². The Bertz CT molecular complexity index is 861. The zero-order valence-electron chi connectivity index (χ0n) is 16.9. The van der Waals surface area contributed by atoms with Crippen molar-refractivity contribution in [3.63, 3.8) is 0 Å². The number of nitrogens with two attached hydrogens (primary N) is 1. The fraction of sp³-hybridized carbons (Fsp3) is 0.455. The van der Waals surface area contributed by atoms with Gasteiger partial charge >= 0.3 is 0 Å². The topological polar surface area (TPSA) is 83.7 Å². The first-order chi connectivity index (χ1) is 13.5. The lowest BCUT2D eigenvalue weighted by Gasteiger charge is -2.17. The molecule has 3 rings (SSSR count). The van der Waals surface area contributed by atoms with E-state index in [1.54, 1.807) is 0 Å². The standard InChI is InChI=1S/C22H28N4O2/c1-15-17(3)26(14-19-10-7-11-28-19)22(20(15)12-23)25-21(27)13-24-16(2)18-8-5-4-6-9-18/h4-6,8-9,16,19,24H,7,10-11,13-14H2,1-3H3,(H,25,27)/p+1/t16-,19+/m0/s1. The van der Waals surface area contributed by atoms with Crippen molar-refractivity contribution >= 4 is 11.7 Å². The summed E-state index contributed by atoms with van der Waals surface area (Å²) in [6.45, 7) is 7.74. The SMILES string of the molecule is Cc1c(C#N)c(NC(=O)C[NH2+][C@@H](C)c2ccccc2)n(C[C@H]2CCCO2)c1C. The van der Waals surface area contributed by atoms with E-state index >= 15 is 0 Å². The second-order valence-electron chi connectivity index (χ2n) is 7.48. The summed E-state index contributed by atoms with van der Waals surface area (Å²) in [5.74, 6) is 0.490. The number of carbonyl (C=O) groups excluding carboxylic acids is 1. The number of aromatic nitrogens is 1. The monoisotopic (exact) mass is 381 g/mol. The molecule has 6 heteroatoms. The number of rotatable bonds is 7. The van der Waals surface area contributed by atoms with Gasteiger partial charge in [-0.15, -0.1) is 0 Å². The molecule has 0 spiro atoms. The first-order valence-corrected chi connectivity index (χ1v) is 9.90. The Morgan fingerprint density at radius 2 is 2.14 bits per heavy atom. The number of carbonyl (C=O) groups is 1. The Hall–Kier alpha value is -2.62. The summed E-state index contributed by atoms with van der Waals surface area (Å²) >= 11 is 0. The number of hydrogen-bond donors (Lipinski definition) is 2. The molecule has 1 aromatic heterocycles. The fourth-order valence-corrected chi connectivity index (χ4v) is 3.71. The van der Waals surface area contributed by atoms with Gasteiger partial charge in [-0.2, -0.15) is 5.26 Å². The zero-order chi connectivity index (χ0) is 20.1. The van der Waals surface area contributed by atoms with Crippen LogP contribution in [0.1, 0.15) is 48.2 Å². The van der Waals surface area contributed by atoms with Crippen LogP contribution in [0.15, 0.2) is 30.3 Å². The van der Waals surface area contributed by atoms with Gasteiger partial charge in [0.25, 0.3) is 5.91 Å². The highest BCUT2D eigenvalue weighted by atomic mass is 16.5. The molecular formula is C22H29N4O2+. The van der Waals surface area contributed by atoms with E-state index in [4.69, 9.17) is 4.74 Å². The summed E-state index contributed by atoms with van der Waals surface area (Å²) < 4.78 is 7.79. The quantitative estimate of drug-likeness (QED) is 0.773. The largest absolute Gasteiger partial charge is 0.376 e. The van der Waals surface area contributed by atoms with Crippen LogP contribution in [0.2, 0.25) is 0 Å². The lowest BCUT2D eigenvalue weighted by atomic mass is 10.1. The maximum absolute atomic E-state index is 12.6. The molecular weight excluding hydrogens is 352 g/mol. The molecule has 0 radical (unpaired) electrons. The number of anilines is 1. The fourth-order valence-electron chi connectivity index (χ4n) is 3.71. The second kappa shape index (κ2) is 9.05. The van der Waals surface area contributed by atoms with Crippen molar-refractivity contribution in [2.24, 2.45) is 0 Å². The van der Waals surface area contributed by atoms with Crippen molar-refractivity contribution in [3.05, 3.63) is 52.7 Å². The maximum Gasteiger partial charge on any atom is 0.280 e. The number of benzene rings is 1. The maximum atomic E-state index is 12.6. The summed E-state index contributed by atoms with van der Waals surface area (Å²) in [5, 5.41) is 14.6. The Morgan fingerprint density at radius 3 is 2.79 bits per heavy atom. The lowest BCUT2D eigenvalue weighted by Crippen LogP contribution is -2.86. The molecule has 2 aromatic rings. The van der Waals surface area contributed by atoms with Gasteiger partial charge in [-0.1, -0.05) is 30.3 Å². The number of nitrogens with zero attached hydrogens (tertiary/aromatic N) is 2. The van der Waals surface area contributed by atoms with Crippen molar-refractivity contribution in [2.75, 3.05) is 18.5 Å². The third-order valence-corrected chi connectivity index (χ3v) is 5.59. The normalized spacial score (nSPS) is 17.3. The van der Waals surface area contributed by atoms with Crippen molar-refractivity contribution in [3.8, 4) is 6.07 Å². The summed E-state index contributed by atoms with van der Waals surface area (Å²) in [6, 6.07) is 12.6. The Kier molecular flexibility index (Phi) is 6.50. The molecule has 3 N–H and O–H groups in total. The molecule has 1 aromatic carbocycles. The average Bonchev–Trinajstić information content (AvgIpc) is 3.30. The minimum Gasteiger partial charge on any atom is -0.376 e. The van der Waals surface area contributed by atoms with Crippen molar-refractivity contribution in [1.82, 2.24) is 4.57 Å². The van der Waals surface area contributed by atoms with Gasteiger partial charge < -0.3 is 19.9 Å². The van der Waals surface area contributed by atoms with Gasteiger partial charge in [0.1, 0.15) is 17.9 Å². The van der Waals surface area contributed by atoms with E-state index < -0.39 is 0 Å². The highest BCUT2D eigenvalue weighted by Gasteiger charge is 2.24. The van der Waals surface area contributed by atoms with E-state index in [1.807, 2.05) is 41.9 Å². The number of amides is 1. The number of ether oxygens (including phenoxy) is 1. The predicted molar refractivity (Wildman–Crippen MR) is 108 cm³/mol. The zero-order valence-corrected chi connectivity index (χ0v) is 16.9. The molecule has 1 aliphatic heterocycles. The first kappa shape index (κ1) is 20.1. The molecule has 1 amide bonds.